The number of rotatable bonds is 3. The van der Waals surface area contributed by atoms with Gasteiger partial charge in [0.15, 0.2) is 12.2 Å². The van der Waals surface area contributed by atoms with Crippen LogP contribution in [0.1, 0.15) is 0 Å². The summed E-state index contributed by atoms with van der Waals surface area (Å²) in [7, 11) is 0. The number of hydrogen-bond acceptors (Lipinski definition) is 4. The van der Waals surface area contributed by atoms with Crippen molar-refractivity contribution in [2.24, 2.45) is 0 Å². The molecule has 0 aliphatic heterocycles. The molecule has 0 aromatic rings. The Balaban J connectivity index is 0. The molecular weight excluding hydrogens is 256 g/mol. The molecule has 0 unspecified atom stereocenters. The first-order valence-corrected chi connectivity index (χ1v) is 2.28. The number of hydrogen-bond donors (Lipinski definition) is 4. The Morgan fingerprint density at radius 1 is 0.909 bits per heavy atom. The zero-order valence-corrected chi connectivity index (χ0v) is 9.50. The van der Waals surface area contributed by atoms with E-state index in [1.807, 2.05) is 0 Å². The van der Waals surface area contributed by atoms with Gasteiger partial charge in [-0.15, -0.1) is 0 Å². The monoisotopic (exact) mass is 264 g/mol. The number of carbonyl (C=O) groups is 2. The summed E-state index contributed by atoms with van der Waals surface area (Å²) in [6.45, 7) is 0. The Kier molecular flexibility index (Phi) is 6.61. The molecule has 0 aliphatic carbocycles. The van der Waals surface area contributed by atoms with Gasteiger partial charge in [-0.2, -0.15) is 0 Å². The number of aliphatic carboxylic acids is 2. The van der Waals surface area contributed by atoms with Crippen molar-refractivity contribution in [1.82, 2.24) is 0 Å². The second-order valence-corrected chi connectivity index (χ2v) is 1.57. The zero-order valence-electron chi connectivity index (χ0n) is 5.47. The SMILES string of the molecule is O=C(O)[C@H](O)[C@@H](O)C(=O)O.[Cd]. The molecule has 0 radical (unpaired) electrons. The Bertz CT molecular complexity index is 139. The smallest absolute Gasteiger partial charge is 0.335 e. The van der Waals surface area contributed by atoms with Crippen molar-refractivity contribution >= 4 is 11.9 Å². The molecule has 0 saturated heterocycles. The summed E-state index contributed by atoms with van der Waals surface area (Å²) in [6.07, 6.45) is -4.53. The number of aliphatic hydroxyl groups excluding tert-OH is 2. The molecule has 0 spiro atoms. The number of carboxylic acids is 2. The third-order valence-electron chi connectivity index (χ3n) is 0.805. The molecule has 0 bridgehead atoms. The largest absolute Gasteiger partial charge is 0.479 e. The Hall–Kier alpha value is -0.218. The molecule has 6 nitrogen and oxygen atoms in total. The molecule has 0 amide bonds. The van der Waals surface area contributed by atoms with Crippen LogP contribution in [0.15, 0.2) is 0 Å². The predicted molar refractivity (Wildman–Crippen MR) is 27.3 cm³/mol. The van der Waals surface area contributed by atoms with Crippen molar-refractivity contribution in [3.8, 4) is 0 Å². The van der Waals surface area contributed by atoms with E-state index in [0.29, 0.717) is 0 Å². The van der Waals surface area contributed by atoms with Crippen LogP contribution < -0.4 is 0 Å². The quantitative estimate of drug-likeness (QED) is 0.432. The molecule has 60 valence electrons. The van der Waals surface area contributed by atoms with Gasteiger partial charge >= 0.3 is 11.9 Å². The number of carboxylic acid groups (broad SMARTS) is 2. The van der Waals surface area contributed by atoms with Crippen LogP contribution >= 0.6 is 0 Å². The minimum absolute atomic E-state index is 0. The van der Waals surface area contributed by atoms with Gasteiger partial charge in [0.1, 0.15) is 0 Å². The Morgan fingerprint density at radius 2 is 1.09 bits per heavy atom. The summed E-state index contributed by atoms with van der Waals surface area (Å²) in [5.74, 6) is -3.54. The van der Waals surface area contributed by atoms with E-state index in [0.717, 1.165) is 0 Å². The standard InChI is InChI=1S/C4H6O6.Cd/c5-1(3(7)8)2(6)4(9)10;/h1-2,5-6H,(H,7,8)(H,9,10);/t1-,2-;/m1./s1. The van der Waals surface area contributed by atoms with Crippen molar-refractivity contribution in [1.29, 1.82) is 0 Å². The first kappa shape index (κ1) is 13.4. The zero-order chi connectivity index (χ0) is 8.31. The first-order valence-electron chi connectivity index (χ1n) is 2.28. The maximum Gasteiger partial charge on any atom is 0.335 e. The third kappa shape index (κ3) is 4.27. The van der Waals surface area contributed by atoms with Crippen LogP contribution in [0.4, 0.5) is 0 Å². The molecule has 7 heteroatoms. The van der Waals surface area contributed by atoms with Crippen LogP contribution in [0.25, 0.3) is 0 Å². The average Bonchev–Trinajstić information content (AvgIpc) is 1.84. The molecule has 0 saturated carbocycles. The van der Waals surface area contributed by atoms with E-state index < -0.39 is 24.1 Å². The number of aliphatic hydroxyl groups is 2. The van der Waals surface area contributed by atoms with Gasteiger partial charge in [-0.25, -0.2) is 9.59 Å². The molecule has 4 N–H and O–H groups in total. The molecule has 11 heavy (non-hydrogen) atoms. The maximum atomic E-state index is 9.77. The van der Waals surface area contributed by atoms with Gasteiger partial charge in [-0.1, -0.05) is 0 Å². The molecule has 0 aromatic heterocycles. The van der Waals surface area contributed by atoms with Crippen molar-refractivity contribution < 1.29 is 57.3 Å². The molecule has 0 aliphatic rings. The van der Waals surface area contributed by atoms with Crippen LogP contribution in [0, 0.1) is 0 Å². The van der Waals surface area contributed by atoms with Crippen LogP contribution in [-0.2, 0) is 36.9 Å². The normalized spacial score (nSPS) is 14.4. The van der Waals surface area contributed by atoms with Gasteiger partial charge in [-0.3, -0.25) is 0 Å². The van der Waals surface area contributed by atoms with Gasteiger partial charge in [0.25, 0.3) is 0 Å². The molecule has 0 fully saturated rings. The summed E-state index contributed by atoms with van der Waals surface area (Å²) >= 11 is 0. The fourth-order valence-electron chi connectivity index (χ4n) is 0.270. The third-order valence-corrected chi connectivity index (χ3v) is 0.805. The van der Waals surface area contributed by atoms with E-state index in [4.69, 9.17) is 20.4 Å². The Labute approximate surface area is 81.6 Å². The molecule has 0 aromatic carbocycles. The van der Waals surface area contributed by atoms with E-state index in [1.54, 1.807) is 0 Å². The average molecular weight is 262 g/mol. The van der Waals surface area contributed by atoms with Crippen molar-refractivity contribution in [2.45, 2.75) is 12.2 Å². The van der Waals surface area contributed by atoms with E-state index >= 15 is 0 Å². The van der Waals surface area contributed by atoms with E-state index in [1.165, 1.54) is 0 Å². The fraction of sp³-hybridized carbons (Fsp3) is 0.500. The van der Waals surface area contributed by atoms with Gasteiger partial charge in [-0.05, 0) is 0 Å². The second kappa shape index (κ2) is 5.43. The van der Waals surface area contributed by atoms with E-state index in [-0.39, 0.29) is 27.3 Å². The fourth-order valence-corrected chi connectivity index (χ4v) is 0.270. The summed E-state index contributed by atoms with van der Waals surface area (Å²) in [6, 6.07) is 0. The van der Waals surface area contributed by atoms with Gasteiger partial charge in [0.2, 0.25) is 0 Å². The van der Waals surface area contributed by atoms with Gasteiger partial charge in [0, 0.05) is 27.3 Å². The molecule has 0 heterocycles. The van der Waals surface area contributed by atoms with Gasteiger partial charge in [0.05, 0.1) is 0 Å². The van der Waals surface area contributed by atoms with Crippen LogP contribution in [0.3, 0.4) is 0 Å². The van der Waals surface area contributed by atoms with Crippen molar-refractivity contribution in [2.75, 3.05) is 0 Å². The molecular formula is C4H6CdO6. The van der Waals surface area contributed by atoms with E-state index in [9.17, 15) is 9.59 Å². The van der Waals surface area contributed by atoms with Crippen molar-refractivity contribution in [3.63, 3.8) is 0 Å². The van der Waals surface area contributed by atoms with Crippen LogP contribution in [-0.4, -0.2) is 44.6 Å². The topological polar surface area (TPSA) is 115 Å². The predicted octanol–water partition coefficient (Wildman–Crippen LogP) is -2.13. The maximum absolute atomic E-state index is 9.77. The summed E-state index contributed by atoms with van der Waals surface area (Å²) in [5.41, 5.74) is 0. The van der Waals surface area contributed by atoms with Gasteiger partial charge < -0.3 is 20.4 Å². The Morgan fingerprint density at radius 3 is 1.18 bits per heavy atom. The minimum atomic E-state index is -2.27. The summed E-state index contributed by atoms with van der Waals surface area (Å²) in [4.78, 5) is 19.5. The van der Waals surface area contributed by atoms with E-state index in [2.05, 4.69) is 0 Å². The molecule has 0 rings (SSSR count). The van der Waals surface area contributed by atoms with Crippen molar-refractivity contribution in [3.05, 3.63) is 0 Å². The minimum Gasteiger partial charge on any atom is -0.479 e. The second-order valence-electron chi connectivity index (χ2n) is 1.57. The summed E-state index contributed by atoms with van der Waals surface area (Å²) in [5, 5.41) is 32.5. The first-order chi connectivity index (χ1) is 4.46. The molecule has 2 atom stereocenters. The van der Waals surface area contributed by atoms with Crippen LogP contribution in [0.5, 0.6) is 0 Å². The van der Waals surface area contributed by atoms with Crippen LogP contribution in [0.2, 0.25) is 0 Å². The summed E-state index contributed by atoms with van der Waals surface area (Å²) < 4.78 is 0.